The summed E-state index contributed by atoms with van der Waals surface area (Å²) in [4.78, 5) is 4.12. The molecule has 1 aromatic carbocycles. The van der Waals surface area contributed by atoms with Gasteiger partial charge in [-0.15, -0.1) is 0 Å². The van der Waals surface area contributed by atoms with Crippen LogP contribution < -0.4 is 10.5 Å². The van der Waals surface area contributed by atoms with Crippen molar-refractivity contribution in [2.24, 2.45) is 5.73 Å². The van der Waals surface area contributed by atoms with E-state index in [2.05, 4.69) is 33.0 Å². The van der Waals surface area contributed by atoms with E-state index in [1.165, 1.54) is 5.56 Å². The lowest BCUT2D eigenvalue weighted by atomic mass is 10.00. The summed E-state index contributed by atoms with van der Waals surface area (Å²) in [6, 6.07) is 10.2. The number of nitrogens with two attached hydrogens (primary N) is 1. The third-order valence-electron chi connectivity index (χ3n) is 3.25. The second-order valence-electron chi connectivity index (χ2n) is 4.82. The van der Waals surface area contributed by atoms with E-state index in [4.69, 9.17) is 10.5 Å². The highest BCUT2D eigenvalue weighted by atomic mass is 79.9. The third-order valence-corrected chi connectivity index (χ3v) is 3.74. The summed E-state index contributed by atoms with van der Waals surface area (Å²) >= 11 is 3.49. The molecule has 0 aliphatic heterocycles. The molecule has 0 fully saturated rings. The van der Waals surface area contributed by atoms with Gasteiger partial charge in [0.15, 0.2) is 0 Å². The fourth-order valence-electron chi connectivity index (χ4n) is 2.19. The van der Waals surface area contributed by atoms with Gasteiger partial charge < -0.3 is 10.5 Å². The summed E-state index contributed by atoms with van der Waals surface area (Å²) in [5.74, 6) is 0.894. The third kappa shape index (κ3) is 4.32. The Morgan fingerprint density at radius 2 is 2.20 bits per heavy atom. The van der Waals surface area contributed by atoms with Crippen molar-refractivity contribution in [2.75, 3.05) is 7.11 Å². The Morgan fingerprint density at radius 1 is 1.35 bits per heavy atom. The molecule has 0 saturated heterocycles. The van der Waals surface area contributed by atoms with Crippen molar-refractivity contribution in [1.82, 2.24) is 4.98 Å². The molecule has 1 atom stereocenters. The molecule has 1 aromatic heterocycles. The van der Waals surface area contributed by atoms with Gasteiger partial charge >= 0.3 is 0 Å². The number of hydrogen-bond acceptors (Lipinski definition) is 3. The predicted octanol–water partition coefficient (Wildman–Crippen LogP) is 3.36. The second-order valence-corrected chi connectivity index (χ2v) is 5.74. The fraction of sp³-hybridized carbons (Fsp3) is 0.312. The van der Waals surface area contributed by atoms with Gasteiger partial charge in [-0.2, -0.15) is 0 Å². The maximum Gasteiger partial charge on any atom is 0.122 e. The highest BCUT2D eigenvalue weighted by molar-refractivity contribution is 9.10. The molecule has 1 heterocycles. The quantitative estimate of drug-likeness (QED) is 0.881. The number of aromatic nitrogens is 1. The maximum atomic E-state index is 6.24. The first-order chi connectivity index (χ1) is 9.69. The van der Waals surface area contributed by atoms with Crippen LogP contribution in [-0.2, 0) is 12.8 Å². The van der Waals surface area contributed by atoms with Crippen LogP contribution in [0.2, 0.25) is 0 Å². The van der Waals surface area contributed by atoms with E-state index in [1.807, 2.05) is 24.4 Å². The molecule has 4 heteroatoms. The van der Waals surface area contributed by atoms with Gasteiger partial charge in [0.25, 0.3) is 0 Å². The molecule has 3 nitrogen and oxygen atoms in total. The van der Waals surface area contributed by atoms with E-state index in [1.54, 1.807) is 13.3 Å². The molecule has 2 N–H and O–H groups in total. The number of benzene rings is 1. The molecular formula is C16H19BrN2O. The Morgan fingerprint density at radius 3 is 2.90 bits per heavy atom. The average molecular weight is 335 g/mol. The van der Waals surface area contributed by atoms with E-state index in [-0.39, 0.29) is 6.04 Å². The first-order valence-corrected chi connectivity index (χ1v) is 7.45. The van der Waals surface area contributed by atoms with Crippen molar-refractivity contribution >= 4 is 15.9 Å². The summed E-state index contributed by atoms with van der Waals surface area (Å²) < 4.78 is 6.43. The number of aryl methyl sites for hydroxylation is 1. The number of methoxy groups -OCH3 is 1. The van der Waals surface area contributed by atoms with Gasteiger partial charge in [0.05, 0.1) is 7.11 Å². The Bertz CT molecular complexity index is 545. The predicted molar refractivity (Wildman–Crippen MR) is 84.9 cm³/mol. The average Bonchev–Trinajstić information content (AvgIpc) is 2.46. The lowest BCUT2D eigenvalue weighted by molar-refractivity contribution is 0.407. The van der Waals surface area contributed by atoms with Crippen LogP contribution in [0.4, 0.5) is 0 Å². The SMILES string of the molecule is COc1ccc(Br)cc1CC(N)CCc1cccnc1. The number of rotatable bonds is 6. The van der Waals surface area contributed by atoms with Crippen LogP contribution in [0.25, 0.3) is 0 Å². The van der Waals surface area contributed by atoms with Gasteiger partial charge in [-0.05, 0) is 54.7 Å². The van der Waals surface area contributed by atoms with Gasteiger partial charge in [-0.25, -0.2) is 0 Å². The van der Waals surface area contributed by atoms with Crippen LogP contribution in [0.5, 0.6) is 5.75 Å². The molecule has 2 rings (SSSR count). The topological polar surface area (TPSA) is 48.1 Å². The number of hydrogen-bond donors (Lipinski definition) is 1. The molecule has 0 aliphatic rings. The second kappa shape index (κ2) is 7.41. The zero-order valence-corrected chi connectivity index (χ0v) is 13.1. The molecule has 20 heavy (non-hydrogen) atoms. The van der Waals surface area contributed by atoms with Crippen molar-refractivity contribution < 1.29 is 4.74 Å². The molecule has 0 radical (unpaired) electrons. The number of halogens is 1. The van der Waals surface area contributed by atoms with Crippen LogP contribution in [0.3, 0.4) is 0 Å². The smallest absolute Gasteiger partial charge is 0.122 e. The minimum absolute atomic E-state index is 0.110. The zero-order chi connectivity index (χ0) is 14.4. The van der Waals surface area contributed by atoms with E-state index < -0.39 is 0 Å². The monoisotopic (exact) mass is 334 g/mol. The summed E-state index contributed by atoms with van der Waals surface area (Å²) in [6.45, 7) is 0. The van der Waals surface area contributed by atoms with Crippen molar-refractivity contribution in [3.8, 4) is 5.75 Å². The van der Waals surface area contributed by atoms with E-state index >= 15 is 0 Å². The molecule has 0 saturated carbocycles. The first-order valence-electron chi connectivity index (χ1n) is 6.66. The van der Waals surface area contributed by atoms with Gasteiger partial charge in [-0.1, -0.05) is 22.0 Å². The van der Waals surface area contributed by atoms with E-state index in [0.717, 1.165) is 35.0 Å². The maximum absolute atomic E-state index is 6.24. The first kappa shape index (κ1) is 15.0. The highest BCUT2D eigenvalue weighted by Gasteiger charge is 2.10. The Labute approximate surface area is 128 Å². The normalized spacial score (nSPS) is 12.2. The van der Waals surface area contributed by atoms with Gasteiger partial charge in [-0.3, -0.25) is 4.98 Å². The number of pyridine rings is 1. The molecule has 0 bridgehead atoms. The lowest BCUT2D eigenvalue weighted by Crippen LogP contribution is -2.23. The van der Waals surface area contributed by atoms with Crippen molar-refractivity contribution in [3.05, 3.63) is 58.3 Å². The van der Waals surface area contributed by atoms with Crippen LogP contribution in [0, 0.1) is 0 Å². The van der Waals surface area contributed by atoms with Crippen LogP contribution >= 0.6 is 15.9 Å². The summed E-state index contributed by atoms with van der Waals surface area (Å²) in [7, 11) is 1.69. The van der Waals surface area contributed by atoms with Gasteiger partial charge in [0.2, 0.25) is 0 Å². The summed E-state index contributed by atoms with van der Waals surface area (Å²) in [5.41, 5.74) is 8.60. The molecule has 1 unspecified atom stereocenters. The van der Waals surface area contributed by atoms with Crippen LogP contribution in [-0.4, -0.2) is 18.1 Å². The van der Waals surface area contributed by atoms with E-state index in [0.29, 0.717) is 0 Å². The Kier molecular flexibility index (Phi) is 5.56. The Hall–Kier alpha value is -1.39. The molecular weight excluding hydrogens is 316 g/mol. The highest BCUT2D eigenvalue weighted by Crippen LogP contribution is 2.24. The lowest BCUT2D eigenvalue weighted by Gasteiger charge is -2.14. The van der Waals surface area contributed by atoms with Gasteiger partial charge in [0, 0.05) is 22.9 Å². The number of ether oxygens (including phenoxy) is 1. The molecule has 0 amide bonds. The zero-order valence-electron chi connectivity index (χ0n) is 11.6. The minimum Gasteiger partial charge on any atom is -0.496 e. The van der Waals surface area contributed by atoms with Gasteiger partial charge in [0.1, 0.15) is 5.75 Å². The minimum atomic E-state index is 0.110. The fourth-order valence-corrected chi connectivity index (χ4v) is 2.60. The summed E-state index contributed by atoms with van der Waals surface area (Å²) in [6.07, 6.45) is 6.37. The Balaban J connectivity index is 1.94. The largest absolute Gasteiger partial charge is 0.496 e. The van der Waals surface area contributed by atoms with Crippen LogP contribution in [0.1, 0.15) is 17.5 Å². The van der Waals surface area contributed by atoms with Crippen molar-refractivity contribution in [1.29, 1.82) is 0 Å². The molecule has 0 spiro atoms. The van der Waals surface area contributed by atoms with E-state index in [9.17, 15) is 0 Å². The summed E-state index contributed by atoms with van der Waals surface area (Å²) in [5, 5.41) is 0. The van der Waals surface area contributed by atoms with Crippen molar-refractivity contribution in [2.45, 2.75) is 25.3 Å². The van der Waals surface area contributed by atoms with Crippen molar-refractivity contribution in [3.63, 3.8) is 0 Å². The standard InChI is InChI=1S/C16H19BrN2O/c1-20-16-7-5-14(17)9-13(16)10-15(18)6-4-12-3-2-8-19-11-12/h2-3,5,7-9,11,15H,4,6,10,18H2,1H3. The molecule has 106 valence electrons. The molecule has 0 aliphatic carbocycles. The van der Waals surface area contributed by atoms with Crippen LogP contribution in [0.15, 0.2) is 47.2 Å². The number of nitrogens with zero attached hydrogens (tertiary/aromatic N) is 1. The molecule has 2 aromatic rings.